The fourth-order valence-electron chi connectivity index (χ4n) is 3.54. The summed E-state index contributed by atoms with van der Waals surface area (Å²) in [4.78, 5) is 15.2. The molecule has 2 unspecified atom stereocenters. The van der Waals surface area contributed by atoms with Gasteiger partial charge in [0.2, 0.25) is 0 Å². The molecule has 134 valence electrons. The minimum absolute atomic E-state index is 0.0379. The Morgan fingerprint density at radius 1 is 1.00 bits per heavy atom. The first-order valence-electron chi connectivity index (χ1n) is 8.97. The Morgan fingerprint density at radius 3 is 1.80 bits per heavy atom. The lowest BCUT2D eigenvalue weighted by Crippen LogP contribution is -2.45. The third-order valence-electron chi connectivity index (χ3n) is 5.22. The van der Waals surface area contributed by atoms with Crippen LogP contribution < -0.4 is 0 Å². The summed E-state index contributed by atoms with van der Waals surface area (Å²) in [5.74, 6) is 0.204. The number of hydrogen-bond acceptors (Lipinski definition) is 3. The first kappa shape index (κ1) is 19.4. The van der Waals surface area contributed by atoms with Crippen molar-refractivity contribution in [3.63, 3.8) is 0 Å². The number of ketones is 1. The normalized spacial score (nSPS) is 14.3. The van der Waals surface area contributed by atoms with E-state index in [0.717, 1.165) is 11.1 Å². The molecule has 0 heterocycles. The average Bonchev–Trinajstić information content (AvgIpc) is 2.66. The van der Waals surface area contributed by atoms with Gasteiger partial charge in [-0.05, 0) is 38.4 Å². The van der Waals surface area contributed by atoms with Crippen LogP contribution >= 0.6 is 0 Å². The first-order valence-corrected chi connectivity index (χ1v) is 8.97. The Morgan fingerprint density at radius 2 is 1.44 bits per heavy atom. The van der Waals surface area contributed by atoms with Crippen molar-refractivity contribution in [3.8, 4) is 0 Å². The standard InChI is InChI=1S/C22H29NO2/c1-5-21(25)22(19-12-8-6-9-13-19,20-14-10-7-11-15-20)16-17(2)23(4)18(3)24/h6-15,17-18,24H,5,16H2,1-4H3. The van der Waals surface area contributed by atoms with E-state index in [-0.39, 0.29) is 11.8 Å². The van der Waals surface area contributed by atoms with Crippen LogP contribution in [0.1, 0.15) is 44.7 Å². The first-order chi connectivity index (χ1) is 11.9. The van der Waals surface area contributed by atoms with Crippen molar-refractivity contribution in [1.29, 1.82) is 0 Å². The van der Waals surface area contributed by atoms with E-state index in [1.54, 1.807) is 6.92 Å². The van der Waals surface area contributed by atoms with Crippen molar-refractivity contribution in [2.24, 2.45) is 0 Å². The summed E-state index contributed by atoms with van der Waals surface area (Å²) in [5, 5.41) is 9.97. The van der Waals surface area contributed by atoms with Gasteiger partial charge >= 0.3 is 0 Å². The van der Waals surface area contributed by atoms with Crippen molar-refractivity contribution < 1.29 is 9.90 Å². The van der Waals surface area contributed by atoms with E-state index in [2.05, 4.69) is 6.92 Å². The molecule has 2 aromatic carbocycles. The smallest absolute Gasteiger partial charge is 0.147 e. The molecule has 2 aromatic rings. The summed E-state index contributed by atoms with van der Waals surface area (Å²) >= 11 is 0. The van der Waals surface area contributed by atoms with Gasteiger partial charge < -0.3 is 5.11 Å². The molecule has 25 heavy (non-hydrogen) atoms. The van der Waals surface area contributed by atoms with Gasteiger partial charge in [-0.3, -0.25) is 9.69 Å². The number of aliphatic hydroxyl groups excluding tert-OH is 1. The van der Waals surface area contributed by atoms with E-state index < -0.39 is 11.6 Å². The number of carbonyl (C=O) groups excluding carboxylic acids is 1. The molecule has 2 rings (SSSR count). The topological polar surface area (TPSA) is 40.5 Å². The molecule has 0 aliphatic carbocycles. The second-order valence-electron chi connectivity index (χ2n) is 6.76. The van der Waals surface area contributed by atoms with Gasteiger partial charge in [0.05, 0.1) is 5.41 Å². The third-order valence-corrected chi connectivity index (χ3v) is 5.22. The van der Waals surface area contributed by atoms with Gasteiger partial charge in [-0.1, -0.05) is 67.6 Å². The van der Waals surface area contributed by atoms with Crippen LogP contribution in [0.4, 0.5) is 0 Å². The van der Waals surface area contributed by atoms with Crippen LogP contribution in [0.15, 0.2) is 60.7 Å². The SMILES string of the molecule is CCC(=O)C(CC(C)N(C)C(C)O)(c1ccccc1)c1ccccc1. The Hall–Kier alpha value is -1.97. The minimum Gasteiger partial charge on any atom is -0.379 e. The zero-order valence-electron chi connectivity index (χ0n) is 15.6. The number of Topliss-reactive ketones (excluding diaryl/α,β-unsaturated/α-hetero) is 1. The predicted molar refractivity (Wildman–Crippen MR) is 102 cm³/mol. The van der Waals surface area contributed by atoms with E-state index in [9.17, 15) is 9.90 Å². The van der Waals surface area contributed by atoms with Crippen LogP contribution in [-0.4, -0.2) is 35.1 Å². The number of benzene rings is 2. The van der Waals surface area contributed by atoms with E-state index in [1.807, 2.05) is 79.5 Å². The van der Waals surface area contributed by atoms with Crippen molar-refractivity contribution in [2.75, 3.05) is 7.05 Å². The summed E-state index contributed by atoms with van der Waals surface area (Å²) in [6.07, 6.45) is 0.528. The molecule has 3 heteroatoms. The van der Waals surface area contributed by atoms with Gasteiger partial charge in [-0.2, -0.15) is 0 Å². The fourth-order valence-corrected chi connectivity index (χ4v) is 3.54. The zero-order chi connectivity index (χ0) is 18.4. The maximum absolute atomic E-state index is 13.3. The van der Waals surface area contributed by atoms with Gasteiger partial charge in [0.25, 0.3) is 0 Å². The Balaban J connectivity index is 2.62. The molecule has 0 amide bonds. The van der Waals surface area contributed by atoms with Crippen molar-refractivity contribution in [3.05, 3.63) is 71.8 Å². The second-order valence-corrected chi connectivity index (χ2v) is 6.76. The molecule has 3 nitrogen and oxygen atoms in total. The minimum atomic E-state index is -0.708. The Kier molecular flexibility index (Phi) is 6.51. The van der Waals surface area contributed by atoms with Crippen LogP contribution in [0.25, 0.3) is 0 Å². The number of rotatable bonds is 8. The van der Waals surface area contributed by atoms with Gasteiger partial charge in [0.15, 0.2) is 0 Å². The molecule has 0 fully saturated rings. The fraction of sp³-hybridized carbons (Fsp3) is 0.409. The van der Waals surface area contributed by atoms with E-state index in [0.29, 0.717) is 12.8 Å². The van der Waals surface area contributed by atoms with Crippen molar-refractivity contribution >= 4 is 5.78 Å². The molecule has 1 N–H and O–H groups in total. The van der Waals surface area contributed by atoms with E-state index >= 15 is 0 Å². The van der Waals surface area contributed by atoms with Gasteiger partial charge in [0.1, 0.15) is 12.0 Å². The number of aliphatic hydroxyl groups is 1. The van der Waals surface area contributed by atoms with E-state index in [1.165, 1.54) is 0 Å². The summed E-state index contributed by atoms with van der Waals surface area (Å²) in [5.41, 5.74) is 1.32. The average molecular weight is 339 g/mol. The molecule has 2 atom stereocenters. The van der Waals surface area contributed by atoms with Crippen LogP contribution in [0.2, 0.25) is 0 Å². The summed E-state index contributed by atoms with van der Waals surface area (Å²) in [7, 11) is 1.90. The molecule has 0 spiro atoms. The maximum atomic E-state index is 13.3. The molecule has 0 saturated carbocycles. The lowest BCUT2D eigenvalue weighted by atomic mass is 9.67. The highest BCUT2D eigenvalue weighted by atomic mass is 16.3. The highest BCUT2D eigenvalue weighted by Gasteiger charge is 2.42. The molecule has 0 aliphatic rings. The highest BCUT2D eigenvalue weighted by Crippen LogP contribution is 2.39. The van der Waals surface area contributed by atoms with Crippen LogP contribution in [-0.2, 0) is 10.2 Å². The molecule has 0 aromatic heterocycles. The van der Waals surface area contributed by atoms with Gasteiger partial charge in [0, 0.05) is 12.5 Å². The monoisotopic (exact) mass is 339 g/mol. The maximum Gasteiger partial charge on any atom is 0.147 e. The molecule has 0 saturated heterocycles. The van der Waals surface area contributed by atoms with Crippen molar-refractivity contribution in [1.82, 2.24) is 4.90 Å². The molecule has 0 aliphatic heterocycles. The second kappa shape index (κ2) is 8.41. The summed E-state index contributed by atoms with van der Waals surface area (Å²) in [6, 6.07) is 20.1. The lowest BCUT2D eigenvalue weighted by molar-refractivity contribution is -0.124. The Bertz CT molecular complexity index is 627. The lowest BCUT2D eigenvalue weighted by Gasteiger charge is -2.39. The summed E-state index contributed by atoms with van der Waals surface area (Å²) in [6.45, 7) is 5.74. The zero-order valence-corrected chi connectivity index (χ0v) is 15.6. The number of nitrogens with zero attached hydrogens (tertiary/aromatic N) is 1. The Labute approximate surface area is 151 Å². The van der Waals surface area contributed by atoms with Gasteiger partial charge in [-0.15, -0.1) is 0 Å². The van der Waals surface area contributed by atoms with E-state index in [4.69, 9.17) is 0 Å². The van der Waals surface area contributed by atoms with Crippen molar-refractivity contribution in [2.45, 2.75) is 51.3 Å². The largest absolute Gasteiger partial charge is 0.379 e. The van der Waals surface area contributed by atoms with Crippen LogP contribution in [0.5, 0.6) is 0 Å². The molecular weight excluding hydrogens is 310 g/mol. The molecule has 0 radical (unpaired) electrons. The summed E-state index contributed by atoms with van der Waals surface area (Å²) < 4.78 is 0. The third kappa shape index (κ3) is 4.00. The number of hydrogen-bond donors (Lipinski definition) is 1. The van der Waals surface area contributed by atoms with Crippen LogP contribution in [0, 0.1) is 0 Å². The van der Waals surface area contributed by atoms with Gasteiger partial charge in [-0.25, -0.2) is 0 Å². The molecular formula is C22H29NO2. The predicted octanol–water partition coefficient (Wildman–Crippen LogP) is 4.00. The van der Waals surface area contributed by atoms with Crippen LogP contribution in [0.3, 0.4) is 0 Å². The number of carbonyl (C=O) groups is 1. The highest BCUT2D eigenvalue weighted by molar-refractivity contribution is 5.93. The quantitative estimate of drug-likeness (QED) is 0.739. The molecule has 0 bridgehead atoms.